The Kier molecular flexibility index (Phi) is 66.0. The summed E-state index contributed by atoms with van der Waals surface area (Å²) in [7, 11) is 0. The standard InChI is InChI=1S/C77H122O5/c1-3-5-7-9-11-13-15-17-19-21-23-25-27-29-31-33-34-35-36-37-38-39-40-41-42-44-46-48-50-52-54-56-58-60-62-64-66-68-70-72-77(80)82-75(73-78)74-81-76(79)71-69-67-65-63-61-59-57-55-53-51-49-47-45-43-32-30-28-26-24-22-20-18-16-14-12-10-8-6-4-2/h5-8,11-14,17-20,23-26,29-32,34-35,37-38,40-41,44,46,50,52,75,78H,3-4,9-10,15-16,21-22,27-28,33,36,39,42-43,45,47-49,51,53-74H2,1-2H3/b7-5-,8-6-,13-11-,14-12-,19-17-,20-18-,25-23-,26-24-,31-29-,32-30-,35-34-,38-37-,41-40-,46-44-,52-50-. The van der Waals surface area contributed by atoms with Crippen LogP contribution in [0.4, 0.5) is 0 Å². The van der Waals surface area contributed by atoms with Gasteiger partial charge in [0.05, 0.1) is 6.61 Å². The van der Waals surface area contributed by atoms with Gasteiger partial charge in [0, 0.05) is 12.8 Å². The van der Waals surface area contributed by atoms with Gasteiger partial charge in [0.15, 0.2) is 6.10 Å². The first-order valence-corrected chi connectivity index (χ1v) is 33.3. The third-order valence-electron chi connectivity index (χ3n) is 13.7. The number of aliphatic hydroxyl groups is 1. The molecule has 0 aliphatic rings. The van der Waals surface area contributed by atoms with Crippen LogP contribution in [0.1, 0.15) is 271 Å². The van der Waals surface area contributed by atoms with Gasteiger partial charge in [-0.25, -0.2) is 0 Å². The molecule has 1 N–H and O–H groups in total. The summed E-state index contributed by atoms with van der Waals surface area (Å²) in [6, 6.07) is 0. The van der Waals surface area contributed by atoms with E-state index in [1.165, 1.54) is 103 Å². The Morgan fingerprint density at radius 1 is 0.280 bits per heavy atom. The van der Waals surface area contributed by atoms with E-state index >= 15 is 0 Å². The van der Waals surface area contributed by atoms with E-state index in [1.54, 1.807) is 0 Å². The molecule has 0 saturated carbocycles. The monoisotopic (exact) mass is 1130 g/mol. The second-order valence-corrected chi connectivity index (χ2v) is 21.4. The maximum Gasteiger partial charge on any atom is 0.306 e. The number of carbonyl (C=O) groups is 2. The van der Waals surface area contributed by atoms with Crippen LogP contribution in [-0.4, -0.2) is 36.4 Å². The molecule has 0 aliphatic heterocycles. The van der Waals surface area contributed by atoms with Crippen LogP contribution in [0.15, 0.2) is 182 Å². The zero-order chi connectivity index (χ0) is 59.1. The molecule has 0 aliphatic carbocycles. The topological polar surface area (TPSA) is 72.8 Å². The van der Waals surface area contributed by atoms with Crippen molar-refractivity contribution < 1.29 is 24.2 Å². The normalized spacial score (nSPS) is 13.5. The van der Waals surface area contributed by atoms with E-state index in [4.69, 9.17) is 9.47 Å². The lowest BCUT2D eigenvalue weighted by atomic mass is 10.0. The molecular weight excluding hydrogens is 1000 g/mol. The first-order valence-electron chi connectivity index (χ1n) is 33.3. The molecular formula is C77H122O5. The third-order valence-corrected chi connectivity index (χ3v) is 13.7. The third kappa shape index (κ3) is 67.5. The summed E-state index contributed by atoms with van der Waals surface area (Å²) in [6.07, 6.45) is 110. The smallest absolute Gasteiger partial charge is 0.306 e. The Hall–Kier alpha value is -5.00. The predicted molar refractivity (Wildman–Crippen MR) is 361 cm³/mol. The van der Waals surface area contributed by atoms with Crippen LogP contribution in [0, 0.1) is 0 Å². The quantitative estimate of drug-likeness (QED) is 0.0373. The molecule has 0 amide bonds. The number of hydrogen-bond acceptors (Lipinski definition) is 5. The minimum atomic E-state index is -0.792. The molecule has 0 spiro atoms. The van der Waals surface area contributed by atoms with Crippen LogP contribution in [-0.2, 0) is 19.1 Å². The van der Waals surface area contributed by atoms with Crippen LogP contribution < -0.4 is 0 Å². The van der Waals surface area contributed by atoms with E-state index in [0.29, 0.717) is 12.8 Å². The van der Waals surface area contributed by atoms with Crippen molar-refractivity contribution in [3.8, 4) is 0 Å². The number of unbranched alkanes of at least 4 members (excludes halogenated alkanes) is 21. The maximum atomic E-state index is 12.4. The second kappa shape index (κ2) is 70.3. The summed E-state index contributed by atoms with van der Waals surface area (Å²) in [5.74, 6) is -0.609. The maximum absolute atomic E-state index is 12.4. The van der Waals surface area contributed by atoms with Crippen LogP contribution in [0.5, 0.6) is 0 Å². The summed E-state index contributed by atoms with van der Waals surface area (Å²) in [6.45, 7) is 3.91. The van der Waals surface area contributed by atoms with Crippen molar-refractivity contribution in [2.45, 2.75) is 277 Å². The van der Waals surface area contributed by atoms with Crippen LogP contribution in [0.3, 0.4) is 0 Å². The Morgan fingerprint density at radius 2 is 0.488 bits per heavy atom. The molecule has 0 aromatic rings. The number of hydrogen-bond donors (Lipinski definition) is 1. The Bertz CT molecular complexity index is 1850. The summed E-state index contributed by atoms with van der Waals surface area (Å²) in [5.41, 5.74) is 0. The molecule has 82 heavy (non-hydrogen) atoms. The van der Waals surface area contributed by atoms with Crippen LogP contribution >= 0.6 is 0 Å². The molecule has 5 nitrogen and oxygen atoms in total. The Morgan fingerprint density at radius 3 is 0.732 bits per heavy atom. The van der Waals surface area contributed by atoms with Crippen LogP contribution in [0.25, 0.3) is 0 Å². The van der Waals surface area contributed by atoms with E-state index in [9.17, 15) is 14.7 Å². The fraction of sp³-hybridized carbons (Fsp3) is 0.584. The van der Waals surface area contributed by atoms with Gasteiger partial charge in [-0.3, -0.25) is 9.59 Å². The van der Waals surface area contributed by atoms with Crippen molar-refractivity contribution in [1.29, 1.82) is 0 Å². The lowest BCUT2D eigenvalue weighted by Crippen LogP contribution is -2.28. The van der Waals surface area contributed by atoms with E-state index in [2.05, 4.69) is 196 Å². The number of esters is 2. The molecule has 460 valence electrons. The highest BCUT2D eigenvalue weighted by Crippen LogP contribution is 2.15. The number of allylic oxidation sites excluding steroid dienone is 30. The van der Waals surface area contributed by atoms with E-state index in [1.807, 2.05) is 0 Å². The first kappa shape index (κ1) is 77.0. The predicted octanol–water partition coefficient (Wildman–Crippen LogP) is 23.4. The van der Waals surface area contributed by atoms with E-state index < -0.39 is 6.10 Å². The van der Waals surface area contributed by atoms with Crippen molar-refractivity contribution in [3.63, 3.8) is 0 Å². The lowest BCUT2D eigenvalue weighted by molar-refractivity contribution is -0.161. The summed E-state index contributed by atoms with van der Waals surface area (Å²) in [5, 5.41) is 9.69. The van der Waals surface area contributed by atoms with Crippen molar-refractivity contribution in [2.24, 2.45) is 0 Å². The van der Waals surface area contributed by atoms with Gasteiger partial charge in [-0.15, -0.1) is 0 Å². The minimum Gasteiger partial charge on any atom is -0.462 e. The van der Waals surface area contributed by atoms with Gasteiger partial charge in [0.25, 0.3) is 0 Å². The van der Waals surface area contributed by atoms with Gasteiger partial charge in [-0.2, -0.15) is 0 Å². The zero-order valence-electron chi connectivity index (χ0n) is 52.7. The molecule has 1 atom stereocenters. The van der Waals surface area contributed by atoms with Gasteiger partial charge in [0.2, 0.25) is 0 Å². The van der Waals surface area contributed by atoms with Crippen LogP contribution in [0.2, 0.25) is 0 Å². The number of carbonyl (C=O) groups excluding carboxylic acids is 2. The lowest BCUT2D eigenvalue weighted by Gasteiger charge is -2.15. The Labute approximate surface area is 505 Å². The molecule has 0 radical (unpaired) electrons. The highest BCUT2D eigenvalue weighted by Gasteiger charge is 2.16. The van der Waals surface area contributed by atoms with Gasteiger partial charge < -0.3 is 14.6 Å². The molecule has 0 bridgehead atoms. The molecule has 0 aromatic heterocycles. The van der Waals surface area contributed by atoms with Crippen molar-refractivity contribution >= 4 is 11.9 Å². The first-order chi connectivity index (χ1) is 40.6. The van der Waals surface area contributed by atoms with Crippen molar-refractivity contribution in [1.82, 2.24) is 0 Å². The molecule has 5 heteroatoms. The molecule has 0 fully saturated rings. The highest BCUT2D eigenvalue weighted by molar-refractivity contribution is 5.70. The second-order valence-electron chi connectivity index (χ2n) is 21.4. The average Bonchev–Trinajstić information content (AvgIpc) is 3.49. The molecule has 0 rings (SSSR count). The molecule has 0 heterocycles. The average molecular weight is 1130 g/mol. The fourth-order valence-electron chi connectivity index (χ4n) is 8.79. The highest BCUT2D eigenvalue weighted by atomic mass is 16.6. The largest absolute Gasteiger partial charge is 0.462 e. The summed E-state index contributed by atoms with van der Waals surface area (Å²) >= 11 is 0. The fourth-order valence-corrected chi connectivity index (χ4v) is 8.79. The van der Waals surface area contributed by atoms with Gasteiger partial charge >= 0.3 is 11.9 Å². The number of ether oxygens (including phenoxy) is 2. The van der Waals surface area contributed by atoms with Crippen molar-refractivity contribution in [2.75, 3.05) is 13.2 Å². The number of rotatable bonds is 59. The van der Waals surface area contributed by atoms with E-state index in [0.717, 1.165) is 141 Å². The van der Waals surface area contributed by atoms with Gasteiger partial charge in [-0.1, -0.05) is 305 Å². The summed E-state index contributed by atoms with van der Waals surface area (Å²) in [4.78, 5) is 24.6. The molecule has 0 aromatic carbocycles. The number of aliphatic hydroxyl groups excluding tert-OH is 1. The van der Waals surface area contributed by atoms with Gasteiger partial charge in [-0.05, 0) is 135 Å². The van der Waals surface area contributed by atoms with Gasteiger partial charge in [0.1, 0.15) is 6.61 Å². The molecule has 0 saturated heterocycles. The summed E-state index contributed by atoms with van der Waals surface area (Å²) < 4.78 is 10.7. The van der Waals surface area contributed by atoms with Crippen molar-refractivity contribution in [3.05, 3.63) is 182 Å². The SMILES string of the molecule is CC/C=C\C/C=C\C/C=C\C/C=C\C/C=C\C/C=C\C/C=C\C/C=C\C/C=C\C/C=C\CCCCCCCCCCC(=O)OC(CO)COC(=O)CCCCCCCCCCCCCCC/C=C\C/C=C\C/C=C\C/C=C\C/C=C\CC. The van der Waals surface area contributed by atoms with E-state index in [-0.39, 0.29) is 25.2 Å². The zero-order valence-corrected chi connectivity index (χ0v) is 52.7. The molecule has 1 unspecified atom stereocenters. The minimum absolute atomic E-state index is 0.0797. The Balaban J connectivity index is 3.59.